The largest absolute Gasteiger partial charge is 0.446 e. The van der Waals surface area contributed by atoms with E-state index in [2.05, 4.69) is 15.1 Å². The summed E-state index contributed by atoms with van der Waals surface area (Å²) in [6.07, 6.45) is 0.730. The summed E-state index contributed by atoms with van der Waals surface area (Å²) >= 11 is 0. The van der Waals surface area contributed by atoms with Crippen LogP contribution in [0.15, 0.2) is 43.0 Å². The quantitative estimate of drug-likeness (QED) is 0.236. The molecule has 2 aliphatic rings. The van der Waals surface area contributed by atoms with Crippen molar-refractivity contribution >= 4 is 12.0 Å². The van der Waals surface area contributed by atoms with Gasteiger partial charge in [-0.05, 0) is 68.7 Å². The van der Waals surface area contributed by atoms with Crippen molar-refractivity contribution < 1.29 is 35.9 Å². The fraction of sp³-hybridized carbons (Fsp3) is 0.548. The third-order valence-electron chi connectivity index (χ3n) is 8.72. The molecule has 1 saturated carbocycles. The van der Waals surface area contributed by atoms with Crippen LogP contribution in [0, 0.1) is 0 Å². The molecule has 2 aromatic heterocycles. The minimum absolute atomic E-state index is 0.0998. The Morgan fingerprint density at radius 2 is 1.49 bits per heavy atom. The minimum Gasteiger partial charge on any atom is -0.446 e. The number of likely N-dealkylation sites (tertiary alicyclic amines) is 1. The molecule has 3 atom stereocenters. The second-order valence-corrected chi connectivity index (χ2v) is 11.8. The lowest BCUT2D eigenvalue weighted by Gasteiger charge is -2.48. The fourth-order valence-corrected chi connectivity index (χ4v) is 6.08. The van der Waals surface area contributed by atoms with Crippen LogP contribution in [-0.2, 0) is 30.7 Å². The Bertz CT molecular complexity index is 1420. The summed E-state index contributed by atoms with van der Waals surface area (Å²) in [5, 5.41) is 4.14. The number of carbonyl (C=O) groups excluding carboxylic acids is 1. The fourth-order valence-electron chi connectivity index (χ4n) is 6.08. The number of hydrogen-bond acceptors (Lipinski definition) is 6. The molecule has 1 amide bonds. The van der Waals surface area contributed by atoms with Gasteiger partial charge in [-0.1, -0.05) is 13.8 Å². The predicted octanol–water partition coefficient (Wildman–Crippen LogP) is 7.63. The number of aryl methyl sites for hydroxylation is 1. The number of hydrogen-bond donors (Lipinski definition) is 0. The Balaban J connectivity index is 1.51. The average molecular weight is 639 g/mol. The molecule has 1 saturated heterocycles. The van der Waals surface area contributed by atoms with Crippen LogP contribution in [-0.4, -0.2) is 55.0 Å². The molecular weight excluding hydrogens is 602 g/mol. The van der Waals surface area contributed by atoms with Crippen molar-refractivity contribution in [2.45, 2.75) is 102 Å². The van der Waals surface area contributed by atoms with Crippen molar-refractivity contribution in [2.75, 3.05) is 4.90 Å². The molecule has 1 aliphatic heterocycles. The summed E-state index contributed by atoms with van der Waals surface area (Å²) < 4.78 is 89.7. The molecule has 0 spiro atoms. The van der Waals surface area contributed by atoms with Gasteiger partial charge in [0.2, 0.25) is 5.95 Å². The maximum atomic E-state index is 13.7. The number of halogens is 6. The van der Waals surface area contributed by atoms with E-state index in [0.29, 0.717) is 31.2 Å². The van der Waals surface area contributed by atoms with Gasteiger partial charge < -0.3 is 14.5 Å². The molecule has 45 heavy (non-hydrogen) atoms. The van der Waals surface area contributed by atoms with Crippen molar-refractivity contribution in [3.8, 4) is 11.1 Å². The van der Waals surface area contributed by atoms with Gasteiger partial charge in [0.1, 0.15) is 6.10 Å². The van der Waals surface area contributed by atoms with Crippen LogP contribution in [0.25, 0.3) is 11.1 Å². The maximum Gasteiger partial charge on any atom is 0.416 e. The molecule has 5 rings (SSSR count). The molecule has 3 aromatic rings. The summed E-state index contributed by atoms with van der Waals surface area (Å²) in [6, 6.07) is 0.703. The third-order valence-corrected chi connectivity index (χ3v) is 8.72. The first kappa shape index (κ1) is 32.6. The Morgan fingerprint density at radius 1 is 0.911 bits per heavy atom. The summed E-state index contributed by atoms with van der Waals surface area (Å²) in [6.45, 7) is 3.58. The first-order chi connectivity index (χ1) is 21.3. The molecule has 2 fully saturated rings. The van der Waals surface area contributed by atoms with Gasteiger partial charge in [-0.25, -0.2) is 14.8 Å². The van der Waals surface area contributed by atoms with Crippen molar-refractivity contribution in [3.05, 3.63) is 59.7 Å². The number of benzene rings is 1. The van der Waals surface area contributed by atoms with Gasteiger partial charge in [-0.2, -0.15) is 31.4 Å². The van der Waals surface area contributed by atoms with Crippen LogP contribution < -0.4 is 4.90 Å². The highest BCUT2D eigenvalue weighted by Crippen LogP contribution is 2.38. The van der Waals surface area contributed by atoms with E-state index < -0.39 is 23.5 Å². The molecular formula is C31H36F6N6O2. The Kier molecular flexibility index (Phi) is 9.31. The lowest BCUT2D eigenvalue weighted by molar-refractivity contribution is -0.143. The van der Waals surface area contributed by atoms with Gasteiger partial charge >= 0.3 is 18.4 Å². The van der Waals surface area contributed by atoms with Gasteiger partial charge in [-0.15, -0.1) is 0 Å². The van der Waals surface area contributed by atoms with Gasteiger partial charge in [0.15, 0.2) is 0 Å². The van der Waals surface area contributed by atoms with Crippen LogP contribution in [0.2, 0.25) is 0 Å². The smallest absolute Gasteiger partial charge is 0.416 e. The lowest BCUT2D eigenvalue weighted by Crippen LogP contribution is -2.57. The molecule has 0 radical (unpaired) electrons. The average Bonchev–Trinajstić information content (AvgIpc) is 3.42. The Morgan fingerprint density at radius 3 is 1.93 bits per heavy atom. The zero-order valence-electron chi connectivity index (χ0n) is 25.3. The van der Waals surface area contributed by atoms with Gasteiger partial charge in [0.25, 0.3) is 0 Å². The molecule has 0 bridgehead atoms. The van der Waals surface area contributed by atoms with E-state index in [1.807, 2.05) is 13.8 Å². The summed E-state index contributed by atoms with van der Waals surface area (Å²) in [7, 11) is 1.76. The highest BCUT2D eigenvalue weighted by Gasteiger charge is 2.42. The van der Waals surface area contributed by atoms with E-state index in [1.54, 1.807) is 46.3 Å². The first-order valence-corrected chi connectivity index (χ1v) is 15.1. The van der Waals surface area contributed by atoms with Gasteiger partial charge in [0, 0.05) is 61.4 Å². The third kappa shape index (κ3) is 7.36. The normalized spacial score (nSPS) is 21.0. The second kappa shape index (κ2) is 12.9. The topological polar surface area (TPSA) is 76.4 Å². The van der Waals surface area contributed by atoms with E-state index in [4.69, 9.17) is 4.74 Å². The number of amides is 1. The monoisotopic (exact) mass is 638 g/mol. The Hall–Kier alpha value is -3.84. The van der Waals surface area contributed by atoms with E-state index in [9.17, 15) is 31.1 Å². The van der Waals surface area contributed by atoms with Crippen molar-refractivity contribution in [3.63, 3.8) is 0 Å². The molecule has 8 nitrogen and oxygen atoms in total. The SMILES string of the molecule is CC[C@@H]1CC(N(Cc2cc(C(F)(F)F)cc(C(F)(F)F)c2)c2ncc(-c3cnn(C)c3)cn2)C[C@H](CC)N1C(=O)OC1CCC1. The molecule has 14 heteroatoms. The molecule has 3 heterocycles. The van der Waals surface area contributed by atoms with Crippen LogP contribution >= 0.6 is 0 Å². The van der Waals surface area contributed by atoms with E-state index in [0.717, 1.165) is 37.0 Å². The zero-order chi connectivity index (χ0) is 32.5. The molecule has 1 aromatic carbocycles. The minimum atomic E-state index is -4.98. The molecule has 1 unspecified atom stereocenters. The maximum absolute atomic E-state index is 13.7. The van der Waals surface area contributed by atoms with E-state index in [1.165, 1.54) is 0 Å². The molecule has 0 N–H and O–H groups in total. The first-order valence-electron chi connectivity index (χ1n) is 15.1. The van der Waals surface area contributed by atoms with Crippen molar-refractivity contribution in [2.24, 2.45) is 7.05 Å². The second-order valence-electron chi connectivity index (χ2n) is 11.8. The van der Waals surface area contributed by atoms with Gasteiger partial charge in [0.05, 0.1) is 17.3 Å². The highest BCUT2D eigenvalue weighted by molar-refractivity contribution is 5.69. The summed E-state index contributed by atoms with van der Waals surface area (Å²) in [4.78, 5) is 25.7. The zero-order valence-corrected chi connectivity index (χ0v) is 25.3. The number of aromatic nitrogens is 4. The number of alkyl halides is 6. The molecule has 244 valence electrons. The van der Waals surface area contributed by atoms with Crippen molar-refractivity contribution in [1.29, 1.82) is 0 Å². The number of carbonyl (C=O) groups is 1. The lowest BCUT2D eigenvalue weighted by atomic mass is 9.87. The number of ether oxygens (including phenoxy) is 1. The van der Waals surface area contributed by atoms with Gasteiger partial charge in [-0.3, -0.25) is 4.68 Å². The predicted molar refractivity (Wildman–Crippen MR) is 154 cm³/mol. The van der Waals surface area contributed by atoms with Crippen LogP contribution in [0.5, 0.6) is 0 Å². The van der Waals surface area contributed by atoms with E-state index in [-0.39, 0.29) is 54.4 Å². The van der Waals surface area contributed by atoms with Crippen LogP contribution in [0.4, 0.5) is 37.1 Å². The number of nitrogens with zero attached hydrogens (tertiary/aromatic N) is 6. The van der Waals surface area contributed by atoms with Crippen LogP contribution in [0.3, 0.4) is 0 Å². The number of piperidine rings is 1. The number of rotatable bonds is 8. The standard InChI is InChI=1S/C31H36F6N6O2/c1-4-24-12-26(13-25(5-2)43(24)29(44)45-27-7-6-8-27)42(28-38-14-20(15-39-28)21-16-40-41(3)18-21)17-19-9-22(30(32,33)34)11-23(10-19)31(35,36)37/h9-11,14-16,18,24-27H,4-8,12-13,17H2,1-3H3/t24-,25+,26?. The van der Waals surface area contributed by atoms with E-state index >= 15 is 0 Å². The summed E-state index contributed by atoms with van der Waals surface area (Å²) in [5.41, 5.74) is -1.54. The Labute approximate surface area is 257 Å². The summed E-state index contributed by atoms with van der Waals surface area (Å²) in [5.74, 6) is 0.161. The number of anilines is 1. The molecule has 1 aliphatic carbocycles. The van der Waals surface area contributed by atoms with Crippen LogP contribution in [0.1, 0.15) is 75.5 Å². The van der Waals surface area contributed by atoms with Crippen molar-refractivity contribution in [1.82, 2.24) is 24.6 Å². The highest BCUT2D eigenvalue weighted by atomic mass is 19.4.